The third-order valence-corrected chi connectivity index (χ3v) is 4.02. The van der Waals surface area contributed by atoms with Gasteiger partial charge in [-0.1, -0.05) is 30.3 Å². The molecule has 3 heteroatoms. The molecule has 3 rings (SSSR count). The fourth-order valence-electron chi connectivity index (χ4n) is 2.60. The molecular weight excluding hydrogens is 258 g/mol. The molecule has 21 heavy (non-hydrogen) atoms. The van der Waals surface area contributed by atoms with Crippen LogP contribution in [0.15, 0.2) is 42.6 Å². The van der Waals surface area contributed by atoms with E-state index in [2.05, 4.69) is 61.4 Å². The molecular formula is C18H23N3. The highest BCUT2D eigenvalue weighted by molar-refractivity contribution is 5.39. The first-order valence-corrected chi connectivity index (χ1v) is 7.63. The topological polar surface area (TPSA) is 37.8 Å². The Kier molecular flexibility index (Phi) is 3.54. The largest absolute Gasteiger partial charge is 0.306 e. The zero-order chi connectivity index (χ0) is 14.9. The van der Waals surface area contributed by atoms with Crippen LogP contribution in [0.25, 0.3) is 0 Å². The Morgan fingerprint density at radius 1 is 1.10 bits per heavy atom. The summed E-state index contributed by atoms with van der Waals surface area (Å²) >= 11 is 0. The van der Waals surface area contributed by atoms with Gasteiger partial charge in [0.2, 0.25) is 0 Å². The molecule has 110 valence electrons. The summed E-state index contributed by atoms with van der Waals surface area (Å²) in [4.78, 5) is 9.37. The van der Waals surface area contributed by atoms with Crippen molar-refractivity contribution in [2.24, 2.45) is 0 Å². The highest BCUT2D eigenvalue weighted by atomic mass is 15.0. The Hall–Kier alpha value is -1.74. The van der Waals surface area contributed by atoms with Crippen LogP contribution in [0.1, 0.15) is 50.7 Å². The molecule has 0 bridgehead atoms. The Morgan fingerprint density at radius 3 is 2.43 bits per heavy atom. The van der Waals surface area contributed by atoms with Gasteiger partial charge in [-0.05, 0) is 45.2 Å². The molecule has 0 atom stereocenters. The lowest BCUT2D eigenvalue weighted by atomic mass is 9.95. The molecule has 0 spiro atoms. The summed E-state index contributed by atoms with van der Waals surface area (Å²) in [6.07, 6.45) is 4.19. The molecule has 0 unspecified atom stereocenters. The molecule has 1 aromatic heterocycles. The van der Waals surface area contributed by atoms with Gasteiger partial charge < -0.3 is 5.32 Å². The minimum atomic E-state index is 0.0546. The van der Waals surface area contributed by atoms with E-state index in [-0.39, 0.29) is 11.0 Å². The Balaban J connectivity index is 1.84. The second-order valence-electron chi connectivity index (χ2n) is 6.92. The molecule has 0 radical (unpaired) electrons. The minimum Gasteiger partial charge on any atom is -0.306 e. The zero-order valence-electron chi connectivity index (χ0n) is 13.1. The van der Waals surface area contributed by atoms with Crippen molar-refractivity contribution in [2.75, 3.05) is 0 Å². The van der Waals surface area contributed by atoms with Crippen molar-refractivity contribution in [1.29, 1.82) is 0 Å². The third kappa shape index (κ3) is 3.13. The third-order valence-electron chi connectivity index (χ3n) is 4.02. The van der Waals surface area contributed by atoms with Crippen molar-refractivity contribution < 1.29 is 0 Å². The van der Waals surface area contributed by atoms with Gasteiger partial charge in [-0.2, -0.15) is 0 Å². The minimum absolute atomic E-state index is 0.0546. The predicted molar refractivity (Wildman–Crippen MR) is 85.1 cm³/mol. The number of nitrogens with zero attached hydrogens (tertiary/aromatic N) is 2. The summed E-state index contributed by atoms with van der Waals surface area (Å²) in [5.74, 6) is 0.974. The first-order valence-electron chi connectivity index (χ1n) is 7.63. The lowest BCUT2D eigenvalue weighted by molar-refractivity contribution is 0.420. The quantitative estimate of drug-likeness (QED) is 0.933. The van der Waals surface area contributed by atoms with Gasteiger partial charge in [-0.25, -0.2) is 9.97 Å². The SMILES string of the molecule is CC(C)(C)NCc1ccnc(C2(c3ccccc3)CC2)n1. The van der Waals surface area contributed by atoms with E-state index < -0.39 is 0 Å². The maximum absolute atomic E-state index is 4.81. The van der Waals surface area contributed by atoms with Gasteiger partial charge >= 0.3 is 0 Å². The van der Waals surface area contributed by atoms with Gasteiger partial charge in [0.05, 0.1) is 11.1 Å². The summed E-state index contributed by atoms with van der Waals surface area (Å²) in [5, 5.41) is 3.49. The van der Waals surface area contributed by atoms with Crippen molar-refractivity contribution in [3.8, 4) is 0 Å². The molecule has 1 saturated carbocycles. The molecule has 1 aliphatic rings. The van der Waals surface area contributed by atoms with Gasteiger partial charge in [0.15, 0.2) is 0 Å². The lowest BCUT2D eigenvalue weighted by Gasteiger charge is -2.21. The van der Waals surface area contributed by atoms with Crippen LogP contribution in [-0.4, -0.2) is 15.5 Å². The second-order valence-corrected chi connectivity index (χ2v) is 6.92. The van der Waals surface area contributed by atoms with Gasteiger partial charge in [-0.3, -0.25) is 0 Å². The van der Waals surface area contributed by atoms with Crippen LogP contribution in [0, 0.1) is 0 Å². The van der Waals surface area contributed by atoms with Crippen LogP contribution in [0.4, 0.5) is 0 Å². The van der Waals surface area contributed by atoms with Crippen molar-refractivity contribution >= 4 is 0 Å². The highest BCUT2D eigenvalue weighted by Crippen LogP contribution is 2.51. The number of hydrogen-bond donors (Lipinski definition) is 1. The van der Waals surface area contributed by atoms with E-state index in [0.29, 0.717) is 0 Å². The van der Waals surface area contributed by atoms with Gasteiger partial charge in [0.25, 0.3) is 0 Å². The lowest BCUT2D eigenvalue weighted by Crippen LogP contribution is -2.35. The number of rotatable bonds is 4. The zero-order valence-corrected chi connectivity index (χ0v) is 13.1. The summed E-state index contributed by atoms with van der Waals surface area (Å²) in [6, 6.07) is 12.6. The van der Waals surface area contributed by atoms with Crippen molar-refractivity contribution in [3.05, 3.63) is 59.7 Å². The normalized spacial score (nSPS) is 16.7. The number of nitrogens with one attached hydrogen (secondary N) is 1. The van der Waals surface area contributed by atoms with E-state index >= 15 is 0 Å². The highest BCUT2D eigenvalue weighted by Gasteiger charge is 2.48. The van der Waals surface area contributed by atoms with E-state index in [1.165, 1.54) is 5.56 Å². The van der Waals surface area contributed by atoms with E-state index in [1.807, 2.05) is 12.3 Å². The Bertz CT molecular complexity index is 610. The van der Waals surface area contributed by atoms with Gasteiger partial charge in [0.1, 0.15) is 5.82 Å². The van der Waals surface area contributed by atoms with Crippen LogP contribution in [0.3, 0.4) is 0 Å². The maximum Gasteiger partial charge on any atom is 0.139 e. The van der Waals surface area contributed by atoms with Crippen molar-refractivity contribution in [2.45, 2.75) is 51.1 Å². The van der Waals surface area contributed by atoms with E-state index in [4.69, 9.17) is 4.98 Å². The first-order chi connectivity index (χ1) is 10.00. The second kappa shape index (κ2) is 5.23. The fourth-order valence-corrected chi connectivity index (χ4v) is 2.60. The average Bonchev–Trinajstić information content (AvgIpc) is 3.27. The van der Waals surface area contributed by atoms with Crippen LogP contribution in [0.5, 0.6) is 0 Å². The van der Waals surface area contributed by atoms with Crippen LogP contribution >= 0.6 is 0 Å². The molecule has 1 aromatic carbocycles. The fraction of sp³-hybridized carbons (Fsp3) is 0.444. The van der Waals surface area contributed by atoms with Crippen LogP contribution in [-0.2, 0) is 12.0 Å². The van der Waals surface area contributed by atoms with E-state index in [0.717, 1.165) is 30.9 Å². The molecule has 1 fully saturated rings. The number of aromatic nitrogens is 2. The monoisotopic (exact) mass is 281 g/mol. The summed E-state index contributed by atoms with van der Waals surface area (Å²) in [7, 11) is 0. The number of hydrogen-bond acceptors (Lipinski definition) is 3. The predicted octanol–water partition coefficient (Wildman–Crippen LogP) is 3.44. The standard InChI is InChI=1S/C18H23N3/c1-17(2,3)20-13-15-9-12-19-16(21-15)18(10-11-18)14-7-5-4-6-8-14/h4-9,12,20H,10-11,13H2,1-3H3. The molecule has 0 amide bonds. The summed E-state index contributed by atoms with van der Waals surface area (Å²) in [5.41, 5.74) is 2.56. The average molecular weight is 281 g/mol. The Labute approximate surface area is 126 Å². The molecule has 3 nitrogen and oxygen atoms in total. The summed E-state index contributed by atoms with van der Waals surface area (Å²) in [6.45, 7) is 7.29. The van der Waals surface area contributed by atoms with Crippen molar-refractivity contribution in [1.82, 2.24) is 15.3 Å². The molecule has 1 heterocycles. The molecule has 2 aromatic rings. The summed E-state index contributed by atoms with van der Waals surface area (Å²) < 4.78 is 0. The Morgan fingerprint density at radius 2 is 1.81 bits per heavy atom. The van der Waals surface area contributed by atoms with Crippen LogP contribution < -0.4 is 5.32 Å². The van der Waals surface area contributed by atoms with Crippen molar-refractivity contribution in [3.63, 3.8) is 0 Å². The smallest absolute Gasteiger partial charge is 0.139 e. The van der Waals surface area contributed by atoms with Crippen LogP contribution in [0.2, 0.25) is 0 Å². The van der Waals surface area contributed by atoms with Gasteiger partial charge in [0, 0.05) is 18.3 Å². The first kappa shape index (κ1) is 14.2. The van der Waals surface area contributed by atoms with Gasteiger partial charge in [-0.15, -0.1) is 0 Å². The van der Waals surface area contributed by atoms with E-state index in [1.54, 1.807) is 0 Å². The molecule has 1 N–H and O–H groups in total. The maximum atomic E-state index is 4.81. The molecule has 1 aliphatic carbocycles. The molecule has 0 aliphatic heterocycles. The number of benzene rings is 1. The molecule has 0 saturated heterocycles. The van der Waals surface area contributed by atoms with E-state index in [9.17, 15) is 0 Å².